The van der Waals surface area contributed by atoms with Gasteiger partial charge in [-0.1, -0.05) is 6.92 Å². The molecule has 15 heavy (non-hydrogen) atoms. The van der Waals surface area contributed by atoms with Crippen LogP contribution in [-0.2, 0) is 9.47 Å². The van der Waals surface area contributed by atoms with Gasteiger partial charge in [0.2, 0.25) is 0 Å². The molecule has 0 radical (unpaired) electrons. The Kier molecular flexibility index (Phi) is 5.47. The molecule has 1 unspecified atom stereocenters. The van der Waals surface area contributed by atoms with Crippen LogP contribution in [0.2, 0.25) is 0 Å². The van der Waals surface area contributed by atoms with E-state index >= 15 is 0 Å². The molecule has 4 heteroatoms. The van der Waals surface area contributed by atoms with E-state index in [1.807, 2.05) is 0 Å². The molecule has 0 aromatic rings. The zero-order valence-electron chi connectivity index (χ0n) is 9.70. The van der Waals surface area contributed by atoms with E-state index in [2.05, 4.69) is 11.8 Å². The van der Waals surface area contributed by atoms with E-state index in [1.165, 1.54) is 13.0 Å². The molecule has 1 aliphatic heterocycles. The van der Waals surface area contributed by atoms with E-state index in [-0.39, 0.29) is 0 Å². The Morgan fingerprint density at radius 3 is 2.87 bits per heavy atom. The molecule has 1 heterocycles. The van der Waals surface area contributed by atoms with E-state index in [0.717, 1.165) is 19.5 Å². The molecule has 0 N–H and O–H groups in total. The number of hydrogen-bond acceptors (Lipinski definition) is 4. The minimum atomic E-state index is -0.536. The fraction of sp³-hybridized carbons (Fsp3) is 0.909. The molecule has 0 spiro atoms. The lowest BCUT2D eigenvalue weighted by atomic mass is 9.99. The summed E-state index contributed by atoms with van der Waals surface area (Å²) in [6.07, 6.45) is 1.81. The molecule has 4 nitrogen and oxygen atoms in total. The second kappa shape index (κ2) is 6.67. The van der Waals surface area contributed by atoms with E-state index in [9.17, 15) is 4.79 Å². The van der Waals surface area contributed by atoms with Gasteiger partial charge < -0.3 is 14.4 Å². The molecule has 88 valence electrons. The van der Waals surface area contributed by atoms with Gasteiger partial charge in [0.15, 0.2) is 0 Å². The van der Waals surface area contributed by atoms with Crippen LogP contribution in [0.3, 0.4) is 0 Å². The standard InChI is InChI=1S/C11H21NO3/c1-3-12-7-5-6-10(8-12)9-15-11(13)14-4-2/h10H,3-9H2,1-2H3. The summed E-state index contributed by atoms with van der Waals surface area (Å²) in [7, 11) is 0. The molecule has 0 aromatic carbocycles. The largest absolute Gasteiger partial charge is 0.508 e. The highest BCUT2D eigenvalue weighted by molar-refractivity contribution is 5.59. The van der Waals surface area contributed by atoms with Gasteiger partial charge in [0.25, 0.3) is 0 Å². The fourth-order valence-electron chi connectivity index (χ4n) is 1.92. The number of likely N-dealkylation sites (tertiary alicyclic amines) is 1. The molecule has 1 fully saturated rings. The summed E-state index contributed by atoms with van der Waals surface area (Å²) in [4.78, 5) is 13.4. The first kappa shape index (κ1) is 12.3. The molecule has 1 atom stereocenters. The minimum Gasteiger partial charge on any atom is -0.435 e. The van der Waals surface area contributed by atoms with Crippen LogP contribution in [-0.4, -0.2) is 43.9 Å². The molecule has 1 rings (SSSR count). The van der Waals surface area contributed by atoms with Crippen LogP contribution in [0.5, 0.6) is 0 Å². The number of hydrogen-bond donors (Lipinski definition) is 0. The van der Waals surface area contributed by atoms with Gasteiger partial charge in [-0.3, -0.25) is 0 Å². The van der Waals surface area contributed by atoms with Crippen LogP contribution in [0.25, 0.3) is 0 Å². The molecule has 0 aliphatic carbocycles. The predicted molar refractivity (Wildman–Crippen MR) is 57.8 cm³/mol. The van der Waals surface area contributed by atoms with Gasteiger partial charge in [-0.2, -0.15) is 0 Å². The van der Waals surface area contributed by atoms with Crippen molar-refractivity contribution in [3.63, 3.8) is 0 Å². The summed E-state index contributed by atoms with van der Waals surface area (Å²) >= 11 is 0. The first-order chi connectivity index (χ1) is 7.26. The zero-order valence-corrected chi connectivity index (χ0v) is 9.70. The van der Waals surface area contributed by atoms with Gasteiger partial charge in [-0.05, 0) is 32.9 Å². The molecular formula is C11H21NO3. The molecule has 1 saturated heterocycles. The summed E-state index contributed by atoms with van der Waals surface area (Å²) < 4.78 is 9.74. The van der Waals surface area contributed by atoms with E-state index in [4.69, 9.17) is 9.47 Å². The number of nitrogens with zero attached hydrogens (tertiary/aromatic N) is 1. The average molecular weight is 215 g/mol. The smallest absolute Gasteiger partial charge is 0.435 e. The SMILES string of the molecule is CCOC(=O)OCC1CCCN(CC)C1. The van der Waals surface area contributed by atoms with Gasteiger partial charge >= 0.3 is 6.16 Å². The van der Waals surface area contributed by atoms with Crippen molar-refractivity contribution in [2.24, 2.45) is 5.92 Å². The third-order valence-electron chi connectivity index (χ3n) is 2.75. The van der Waals surface area contributed by atoms with Crippen LogP contribution in [0, 0.1) is 5.92 Å². The van der Waals surface area contributed by atoms with Crippen molar-refractivity contribution in [1.82, 2.24) is 4.90 Å². The molecule has 1 aliphatic rings. The number of carbonyl (C=O) groups excluding carboxylic acids is 1. The quantitative estimate of drug-likeness (QED) is 0.671. The normalized spacial score (nSPS) is 22.4. The second-order valence-electron chi connectivity index (χ2n) is 3.90. The van der Waals surface area contributed by atoms with Crippen molar-refractivity contribution in [3.05, 3.63) is 0 Å². The lowest BCUT2D eigenvalue weighted by Crippen LogP contribution is -2.37. The van der Waals surface area contributed by atoms with E-state index in [1.54, 1.807) is 6.92 Å². The number of piperidine rings is 1. The molecule has 0 aromatic heterocycles. The van der Waals surface area contributed by atoms with Crippen molar-refractivity contribution in [2.75, 3.05) is 32.8 Å². The van der Waals surface area contributed by atoms with Crippen LogP contribution in [0.4, 0.5) is 4.79 Å². The number of carbonyl (C=O) groups is 1. The van der Waals surface area contributed by atoms with E-state index in [0.29, 0.717) is 19.1 Å². The number of rotatable bonds is 4. The van der Waals surface area contributed by atoms with Crippen LogP contribution in [0.1, 0.15) is 26.7 Å². The fourth-order valence-corrected chi connectivity index (χ4v) is 1.92. The van der Waals surface area contributed by atoms with Gasteiger partial charge in [-0.25, -0.2) is 4.79 Å². The lowest BCUT2D eigenvalue weighted by molar-refractivity contribution is 0.0350. The summed E-state index contributed by atoms with van der Waals surface area (Å²) in [6.45, 7) is 8.10. The van der Waals surface area contributed by atoms with Gasteiger partial charge in [0.05, 0.1) is 13.2 Å². The van der Waals surface area contributed by atoms with Crippen molar-refractivity contribution in [3.8, 4) is 0 Å². The summed E-state index contributed by atoms with van der Waals surface area (Å²) in [5, 5.41) is 0. The lowest BCUT2D eigenvalue weighted by Gasteiger charge is -2.31. The topological polar surface area (TPSA) is 38.8 Å². The Morgan fingerprint density at radius 1 is 1.40 bits per heavy atom. The highest BCUT2D eigenvalue weighted by Gasteiger charge is 2.20. The Bertz CT molecular complexity index is 196. The third-order valence-corrected chi connectivity index (χ3v) is 2.75. The van der Waals surface area contributed by atoms with Crippen molar-refractivity contribution >= 4 is 6.16 Å². The molecule has 0 bridgehead atoms. The van der Waals surface area contributed by atoms with Crippen LogP contribution >= 0.6 is 0 Å². The van der Waals surface area contributed by atoms with Crippen molar-refractivity contribution in [2.45, 2.75) is 26.7 Å². The summed E-state index contributed by atoms with van der Waals surface area (Å²) in [6, 6.07) is 0. The summed E-state index contributed by atoms with van der Waals surface area (Å²) in [5.74, 6) is 0.475. The maximum atomic E-state index is 11.0. The highest BCUT2D eigenvalue weighted by Crippen LogP contribution is 2.16. The highest BCUT2D eigenvalue weighted by atomic mass is 16.7. The first-order valence-electron chi connectivity index (χ1n) is 5.78. The predicted octanol–water partition coefficient (Wildman–Crippen LogP) is 1.89. The van der Waals surface area contributed by atoms with E-state index < -0.39 is 6.16 Å². The van der Waals surface area contributed by atoms with Gasteiger partial charge in [0.1, 0.15) is 0 Å². The molecule has 0 amide bonds. The Hall–Kier alpha value is -0.770. The number of ether oxygens (including phenoxy) is 2. The summed E-state index contributed by atoms with van der Waals surface area (Å²) in [5.41, 5.74) is 0. The second-order valence-corrected chi connectivity index (χ2v) is 3.90. The molecule has 0 saturated carbocycles. The van der Waals surface area contributed by atoms with Crippen LogP contribution < -0.4 is 0 Å². The third kappa shape index (κ3) is 4.51. The Morgan fingerprint density at radius 2 is 2.20 bits per heavy atom. The van der Waals surface area contributed by atoms with Crippen molar-refractivity contribution in [1.29, 1.82) is 0 Å². The van der Waals surface area contributed by atoms with Crippen LogP contribution in [0.15, 0.2) is 0 Å². The van der Waals surface area contributed by atoms with Gasteiger partial charge in [-0.15, -0.1) is 0 Å². The maximum absolute atomic E-state index is 11.0. The van der Waals surface area contributed by atoms with Gasteiger partial charge in [0, 0.05) is 12.5 Å². The minimum absolute atomic E-state index is 0.380. The Balaban J connectivity index is 2.17. The monoisotopic (exact) mass is 215 g/mol. The Labute approximate surface area is 91.5 Å². The maximum Gasteiger partial charge on any atom is 0.508 e. The molecular weight excluding hydrogens is 194 g/mol. The first-order valence-corrected chi connectivity index (χ1v) is 5.78. The average Bonchev–Trinajstić information content (AvgIpc) is 2.27. The zero-order chi connectivity index (χ0) is 11.1. The van der Waals surface area contributed by atoms with Crippen molar-refractivity contribution < 1.29 is 14.3 Å².